The molecule has 1 aliphatic rings. The molecular formula is C17H27FN2. The van der Waals surface area contributed by atoms with Gasteiger partial charge in [0.05, 0.1) is 0 Å². The van der Waals surface area contributed by atoms with Crippen LogP contribution in [0.5, 0.6) is 0 Å². The van der Waals surface area contributed by atoms with Gasteiger partial charge in [-0.05, 0) is 68.9 Å². The highest BCUT2D eigenvalue weighted by atomic mass is 19.1. The fourth-order valence-electron chi connectivity index (χ4n) is 3.08. The van der Waals surface area contributed by atoms with Crippen molar-refractivity contribution in [2.45, 2.75) is 45.1 Å². The van der Waals surface area contributed by atoms with Gasteiger partial charge >= 0.3 is 0 Å². The average molecular weight is 278 g/mol. The highest BCUT2D eigenvalue weighted by molar-refractivity contribution is 5.19. The summed E-state index contributed by atoms with van der Waals surface area (Å²) in [7, 11) is 0. The van der Waals surface area contributed by atoms with E-state index in [2.05, 4.69) is 11.8 Å². The Kier molecular flexibility index (Phi) is 5.99. The van der Waals surface area contributed by atoms with E-state index < -0.39 is 0 Å². The van der Waals surface area contributed by atoms with Crippen molar-refractivity contribution in [2.24, 2.45) is 11.7 Å². The van der Waals surface area contributed by atoms with E-state index in [1.807, 2.05) is 6.07 Å². The number of halogens is 1. The number of hydrogen-bond acceptors (Lipinski definition) is 2. The lowest BCUT2D eigenvalue weighted by atomic mass is 9.98. The second-order valence-electron chi connectivity index (χ2n) is 6.00. The molecule has 2 atom stereocenters. The molecule has 0 aliphatic carbocycles. The normalized spacial score (nSPS) is 22.4. The molecule has 1 fully saturated rings. The monoisotopic (exact) mass is 278 g/mol. The van der Waals surface area contributed by atoms with Gasteiger partial charge in [-0.3, -0.25) is 0 Å². The molecule has 2 unspecified atom stereocenters. The summed E-state index contributed by atoms with van der Waals surface area (Å²) in [6.07, 6.45) is 6.18. The fraction of sp³-hybridized carbons (Fsp3) is 0.647. The van der Waals surface area contributed by atoms with Crippen molar-refractivity contribution in [3.63, 3.8) is 0 Å². The minimum atomic E-state index is -0.196. The van der Waals surface area contributed by atoms with Crippen molar-refractivity contribution in [1.29, 1.82) is 0 Å². The van der Waals surface area contributed by atoms with E-state index in [4.69, 9.17) is 5.73 Å². The highest BCUT2D eigenvalue weighted by Crippen LogP contribution is 2.21. The van der Waals surface area contributed by atoms with Crippen molar-refractivity contribution in [2.75, 3.05) is 19.6 Å². The molecule has 0 spiro atoms. The average Bonchev–Trinajstić information content (AvgIpc) is 2.69. The maximum Gasteiger partial charge on any atom is 0.123 e. The summed E-state index contributed by atoms with van der Waals surface area (Å²) in [5.41, 5.74) is 7.09. The lowest BCUT2D eigenvalue weighted by molar-refractivity contribution is 0.269. The molecule has 2 rings (SSSR count). The van der Waals surface area contributed by atoms with Crippen LogP contribution in [0.25, 0.3) is 0 Å². The Labute approximate surface area is 122 Å². The molecule has 20 heavy (non-hydrogen) atoms. The van der Waals surface area contributed by atoms with Crippen LogP contribution in [0.1, 0.15) is 50.6 Å². The summed E-state index contributed by atoms with van der Waals surface area (Å²) in [4.78, 5) is 2.52. The Bertz CT molecular complexity index is 408. The molecule has 1 aromatic carbocycles. The quantitative estimate of drug-likeness (QED) is 0.889. The Hall–Kier alpha value is -0.930. The zero-order valence-corrected chi connectivity index (χ0v) is 12.5. The third kappa shape index (κ3) is 4.57. The number of hydrogen-bond donors (Lipinski definition) is 1. The van der Waals surface area contributed by atoms with E-state index >= 15 is 0 Å². The van der Waals surface area contributed by atoms with E-state index in [0.29, 0.717) is 0 Å². The summed E-state index contributed by atoms with van der Waals surface area (Å²) >= 11 is 0. The van der Waals surface area contributed by atoms with Gasteiger partial charge in [0.2, 0.25) is 0 Å². The molecule has 2 nitrogen and oxygen atoms in total. The fourth-order valence-corrected chi connectivity index (χ4v) is 3.08. The van der Waals surface area contributed by atoms with Gasteiger partial charge in [0.25, 0.3) is 0 Å². The molecule has 3 heteroatoms. The van der Waals surface area contributed by atoms with Crippen molar-refractivity contribution >= 4 is 0 Å². The van der Waals surface area contributed by atoms with Gasteiger partial charge in [-0.25, -0.2) is 4.39 Å². The molecule has 1 heterocycles. The van der Waals surface area contributed by atoms with Gasteiger partial charge in [-0.1, -0.05) is 25.5 Å². The van der Waals surface area contributed by atoms with Crippen LogP contribution in [-0.4, -0.2) is 24.5 Å². The second-order valence-corrected chi connectivity index (χ2v) is 6.00. The Morgan fingerprint density at radius 1 is 1.35 bits per heavy atom. The van der Waals surface area contributed by atoms with Gasteiger partial charge in [-0.15, -0.1) is 0 Å². The zero-order valence-electron chi connectivity index (χ0n) is 12.5. The Morgan fingerprint density at radius 2 is 2.20 bits per heavy atom. The van der Waals surface area contributed by atoms with Gasteiger partial charge in [0.15, 0.2) is 0 Å². The van der Waals surface area contributed by atoms with Crippen LogP contribution in [0.15, 0.2) is 24.3 Å². The third-order valence-electron chi connectivity index (χ3n) is 4.55. The second kappa shape index (κ2) is 7.75. The minimum Gasteiger partial charge on any atom is -0.324 e. The third-order valence-corrected chi connectivity index (χ3v) is 4.55. The highest BCUT2D eigenvalue weighted by Gasteiger charge is 2.16. The van der Waals surface area contributed by atoms with Crippen LogP contribution < -0.4 is 5.73 Å². The number of rotatable bonds is 5. The predicted molar refractivity (Wildman–Crippen MR) is 82.0 cm³/mol. The van der Waals surface area contributed by atoms with Gasteiger partial charge in [-0.2, -0.15) is 0 Å². The number of likely N-dealkylation sites (tertiary alicyclic amines) is 1. The van der Waals surface area contributed by atoms with Gasteiger partial charge < -0.3 is 10.6 Å². The van der Waals surface area contributed by atoms with E-state index in [-0.39, 0.29) is 11.9 Å². The summed E-state index contributed by atoms with van der Waals surface area (Å²) in [6.45, 7) is 5.69. The molecule has 0 aromatic heterocycles. The van der Waals surface area contributed by atoms with Crippen LogP contribution in [0.4, 0.5) is 4.39 Å². The lowest BCUT2D eigenvalue weighted by Gasteiger charge is -2.22. The lowest BCUT2D eigenvalue weighted by Crippen LogP contribution is -2.28. The molecule has 112 valence electrons. The first-order valence-electron chi connectivity index (χ1n) is 7.92. The van der Waals surface area contributed by atoms with E-state index in [1.165, 1.54) is 44.8 Å². The zero-order chi connectivity index (χ0) is 14.4. The topological polar surface area (TPSA) is 29.3 Å². The van der Waals surface area contributed by atoms with Gasteiger partial charge in [0, 0.05) is 6.04 Å². The molecule has 0 bridgehead atoms. The summed E-state index contributed by atoms with van der Waals surface area (Å²) in [6, 6.07) is 6.62. The Balaban J connectivity index is 1.79. The summed E-state index contributed by atoms with van der Waals surface area (Å²) in [5, 5.41) is 0. The molecular weight excluding hydrogens is 251 g/mol. The van der Waals surface area contributed by atoms with Crippen molar-refractivity contribution in [3.05, 3.63) is 35.6 Å². The van der Waals surface area contributed by atoms with Gasteiger partial charge in [0.1, 0.15) is 5.82 Å². The largest absolute Gasteiger partial charge is 0.324 e. The number of nitrogens with zero attached hydrogens (tertiary/aromatic N) is 1. The molecule has 1 aliphatic heterocycles. The van der Waals surface area contributed by atoms with Crippen LogP contribution in [0, 0.1) is 11.7 Å². The van der Waals surface area contributed by atoms with Crippen LogP contribution in [0.3, 0.4) is 0 Å². The van der Waals surface area contributed by atoms with Crippen molar-refractivity contribution in [3.8, 4) is 0 Å². The SMILES string of the molecule is CCC1CCCN(CCC(N)c2cccc(F)c2)CC1. The van der Waals surface area contributed by atoms with Crippen LogP contribution in [0.2, 0.25) is 0 Å². The maximum absolute atomic E-state index is 13.2. The first-order chi connectivity index (χ1) is 9.69. The molecule has 1 aromatic rings. The first kappa shape index (κ1) is 15.5. The van der Waals surface area contributed by atoms with Crippen LogP contribution >= 0.6 is 0 Å². The molecule has 2 N–H and O–H groups in total. The smallest absolute Gasteiger partial charge is 0.123 e. The summed E-state index contributed by atoms with van der Waals surface area (Å²) < 4.78 is 13.2. The summed E-state index contributed by atoms with van der Waals surface area (Å²) in [5.74, 6) is 0.704. The van der Waals surface area contributed by atoms with Crippen LogP contribution in [-0.2, 0) is 0 Å². The van der Waals surface area contributed by atoms with Crippen molar-refractivity contribution < 1.29 is 4.39 Å². The number of nitrogens with two attached hydrogens (primary N) is 1. The molecule has 0 radical (unpaired) electrons. The maximum atomic E-state index is 13.2. The standard InChI is InChI=1S/C17H27FN2/c1-2-14-5-4-10-20(11-8-14)12-9-17(19)15-6-3-7-16(18)13-15/h3,6-7,13-14,17H,2,4-5,8-12,19H2,1H3. The van der Waals surface area contributed by atoms with E-state index in [0.717, 1.165) is 24.4 Å². The molecule has 0 saturated carbocycles. The van der Waals surface area contributed by atoms with E-state index in [9.17, 15) is 4.39 Å². The van der Waals surface area contributed by atoms with Crippen molar-refractivity contribution in [1.82, 2.24) is 4.90 Å². The minimum absolute atomic E-state index is 0.0593. The predicted octanol–water partition coefficient (Wildman–Crippen LogP) is 3.73. The van der Waals surface area contributed by atoms with E-state index in [1.54, 1.807) is 12.1 Å². The molecule has 1 saturated heterocycles. The first-order valence-corrected chi connectivity index (χ1v) is 7.92. The molecule has 0 amide bonds. The Morgan fingerprint density at radius 3 is 2.95 bits per heavy atom. The number of benzene rings is 1.